The molecule has 1 aromatic heterocycles. The molecule has 1 aromatic rings. The van der Waals surface area contributed by atoms with Crippen LogP contribution in [-0.4, -0.2) is 28.3 Å². The number of likely N-dealkylation sites (N-methyl/N-ethyl adjacent to an activating group) is 1. The Bertz CT molecular complexity index is 330. The topological polar surface area (TPSA) is 72.9 Å². The second-order valence-corrected chi connectivity index (χ2v) is 3.70. The van der Waals surface area contributed by atoms with Gasteiger partial charge >= 0.3 is 0 Å². The number of nitrogens with two attached hydrogens (primary N) is 1. The van der Waals surface area contributed by atoms with Gasteiger partial charge in [0.05, 0.1) is 17.3 Å². The number of aryl methyl sites for hydroxylation is 1. The highest BCUT2D eigenvalue weighted by Gasteiger charge is 2.15. The lowest BCUT2D eigenvalue weighted by Crippen LogP contribution is -2.44. The van der Waals surface area contributed by atoms with Crippen molar-refractivity contribution in [3.63, 3.8) is 0 Å². The molecule has 5 nitrogen and oxygen atoms in total. The molecule has 0 spiro atoms. The molecule has 3 N–H and O–H groups in total. The van der Waals surface area contributed by atoms with Crippen molar-refractivity contribution in [2.45, 2.75) is 26.4 Å². The second kappa shape index (κ2) is 5.14. The van der Waals surface area contributed by atoms with Crippen LogP contribution in [0.1, 0.15) is 12.6 Å². The summed E-state index contributed by atoms with van der Waals surface area (Å²) in [5.41, 5.74) is 5.99. The van der Waals surface area contributed by atoms with Crippen LogP contribution in [0.25, 0.3) is 0 Å². The molecular weight excluding hydrogens is 216 g/mol. The van der Waals surface area contributed by atoms with E-state index in [4.69, 9.17) is 17.3 Å². The van der Waals surface area contributed by atoms with Gasteiger partial charge in [-0.15, -0.1) is 0 Å². The fourth-order valence-electron chi connectivity index (χ4n) is 1.28. The summed E-state index contributed by atoms with van der Waals surface area (Å²) in [5, 5.41) is 7.72. The number of hydrogen-bond donors (Lipinski definition) is 2. The molecule has 1 atom stereocenters. The number of nitrogens with zero attached hydrogens (tertiary/aromatic N) is 2. The van der Waals surface area contributed by atoms with E-state index in [0.29, 0.717) is 18.1 Å². The highest BCUT2D eigenvalue weighted by Crippen LogP contribution is 2.12. The number of carbonyl (C=O) groups is 1. The van der Waals surface area contributed by atoms with Crippen LogP contribution in [0.5, 0.6) is 0 Å². The number of aromatic nitrogens is 2. The van der Waals surface area contributed by atoms with Crippen molar-refractivity contribution in [3.05, 3.63) is 16.9 Å². The number of halogens is 1. The van der Waals surface area contributed by atoms with Gasteiger partial charge in [-0.2, -0.15) is 5.10 Å². The molecule has 1 amide bonds. The monoisotopic (exact) mass is 230 g/mol. The van der Waals surface area contributed by atoms with Gasteiger partial charge in [0.2, 0.25) is 5.91 Å². The lowest BCUT2D eigenvalue weighted by atomic mass is 10.3. The van der Waals surface area contributed by atoms with Gasteiger partial charge < -0.3 is 11.1 Å². The number of nitrogens with one attached hydrogen (secondary N) is 1. The van der Waals surface area contributed by atoms with Crippen LogP contribution >= 0.6 is 11.6 Å². The van der Waals surface area contributed by atoms with Crippen molar-refractivity contribution in [1.29, 1.82) is 0 Å². The van der Waals surface area contributed by atoms with E-state index in [2.05, 4.69) is 10.4 Å². The van der Waals surface area contributed by atoms with E-state index in [1.807, 2.05) is 13.8 Å². The molecule has 0 saturated heterocycles. The molecule has 0 aliphatic heterocycles. The van der Waals surface area contributed by atoms with Crippen LogP contribution in [-0.2, 0) is 11.3 Å². The Hall–Kier alpha value is -1.07. The van der Waals surface area contributed by atoms with Gasteiger partial charge in [0.15, 0.2) is 0 Å². The van der Waals surface area contributed by atoms with Gasteiger partial charge in [-0.3, -0.25) is 9.48 Å². The van der Waals surface area contributed by atoms with Crippen molar-refractivity contribution in [2.75, 3.05) is 6.54 Å². The standard InChI is InChI=1S/C9H15ClN4O/c1-3-12-8(9(11)15)5-14-4-7(10)6(2)13-14/h4,8,12H,3,5H2,1-2H3,(H2,11,15). The first-order valence-corrected chi connectivity index (χ1v) is 5.14. The van der Waals surface area contributed by atoms with Crippen molar-refractivity contribution in [3.8, 4) is 0 Å². The van der Waals surface area contributed by atoms with Gasteiger partial charge in [0, 0.05) is 6.20 Å². The molecule has 0 radical (unpaired) electrons. The second-order valence-electron chi connectivity index (χ2n) is 3.30. The van der Waals surface area contributed by atoms with E-state index in [0.717, 1.165) is 5.69 Å². The molecule has 0 aliphatic carbocycles. The molecule has 6 heteroatoms. The number of carbonyl (C=O) groups excluding carboxylic acids is 1. The smallest absolute Gasteiger partial charge is 0.236 e. The van der Waals surface area contributed by atoms with Crippen LogP contribution in [0.15, 0.2) is 6.20 Å². The third kappa shape index (κ3) is 3.21. The average molecular weight is 231 g/mol. The van der Waals surface area contributed by atoms with E-state index in [1.54, 1.807) is 10.9 Å². The predicted octanol–water partition coefficient (Wildman–Crippen LogP) is 0.308. The molecule has 1 unspecified atom stereocenters. The first-order chi connectivity index (χ1) is 7.04. The molecule has 1 heterocycles. The molecule has 84 valence electrons. The number of amides is 1. The Morgan fingerprint density at radius 2 is 2.47 bits per heavy atom. The third-order valence-corrected chi connectivity index (χ3v) is 2.42. The Morgan fingerprint density at radius 3 is 2.87 bits per heavy atom. The minimum atomic E-state index is -0.412. The normalized spacial score (nSPS) is 12.7. The van der Waals surface area contributed by atoms with Crippen molar-refractivity contribution in [2.24, 2.45) is 5.73 Å². The van der Waals surface area contributed by atoms with Crippen LogP contribution < -0.4 is 11.1 Å². The minimum absolute atomic E-state index is 0.388. The summed E-state index contributed by atoms with van der Waals surface area (Å²) >= 11 is 5.85. The summed E-state index contributed by atoms with van der Waals surface area (Å²) < 4.78 is 1.62. The molecular formula is C9H15ClN4O. The number of rotatable bonds is 5. The largest absolute Gasteiger partial charge is 0.368 e. The summed E-state index contributed by atoms with van der Waals surface area (Å²) in [4.78, 5) is 11.1. The van der Waals surface area contributed by atoms with Crippen LogP contribution in [0.2, 0.25) is 5.02 Å². The summed E-state index contributed by atoms with van der Waals surface area (Å²) in [7, 11) is 0. The van der Waals surface area contributed by atoms with Crippen LogP contribution in [0.4, 0.5) is 0 Å². The fraction of sp³-hybridized carbons (Fsp3) is 0.556. The molecule has 1 rings (SSSR count). The van der Waals surface area contributed by atoms with Gasteiger partial charge in [0.1, 0.15) is 6.04 Å². The van der Waals surface area contributed by atoms with Crippen LogP contribution in [0.3, 0.4) is 0 Å². The number of primary amides is 1. The van der Waals surface area contributed by atoms with Crippen molar-refractivity contribution >= 4 is 17.5 Å². The first-order valence-electron chi connectivity index (χ1n) is 4.76. The highest BCUT2D eigenvalue weighted by molar-refractivity contribution is 6.31. The zero-order valence-electron chi connectivity index (χ0n) is 8.83. The maximum atomic E-state index is 11.1. The van der Waals surface area contributed by atoms with Crippen LogP contribution in [0, 0.1) is 6.92 Å². The third-order valence-electron chi connectivity index (χ3n) is 2.05. The van der Waals surface area contributed by atoms with Crippen molar-refractivity contribution in [1.82, 2.24) is 15.1 Å². The Balaban J connectivity index is 2.69. The Labute approximate surface area is 93.6 Å². The van der Waals surface area contributed by atoms with E-state index in [-0.39, 0.29) is 5.91 Å². The van der Waals surface area contributed by atoms with Crippen molar-refractivity contribution < 1.29 is 4.79 Å². The fourth-order valence-corrected chi connectivity index (χ4v) is 1.43. The quantitative estimate of drug-likeness (QED) is 0.765. The summed E-state index contributed by atoms with van der Waals surface area (Å²) in [6, 6.07) is -0.412. The van der Waals surface area contributed by atoms with E-state index in [9.17, 15) is 4.79 Å². The lowest BCUT2D eigenvalue weighted by Gasteiger charge is -2.13. The van der Waals surface area contributed by atoms with Gasteiger partial charge in [-0.25, -0.2) is 0 Å². The highest BCUT2D eigenvalue weighted by atomic mass is 35.5. The number of hydrogen-bond acceptors (Lipinski definition) is 3. The van der Waals surface area contributed by atoms with E-state index >= 15 is 0 Å². The molecule has 15 heavy (non-hydrogen) atoms. The van der Waals surface area contributed by atoms with E-state index < -0.39 is 6.04 Å². The maximum absolute atomic E-state index is 11.1. The average Bonchev–Trinajstić information content (AvgIpc) is 2.45. The van der Waals surface area contributed by atoms with E-state index in [1.165, 1.54) is 0 Å². The zero-order chi connectivity index (χ0) is 11.4. The summed E-state index contributed by atoms with van der Waals surface area (Å²) in [5.74, 6) is -0.388. The molecule has 0 bridgehead atoms. The lowest BCUT2D eigenvalue weighted by molar-refractivity contribution is -0.120. The SMILES string of the molecule is CCNC(Cn1cc(Cl)c(C)n1)C(N)=O. The first kappa shape index (κ1) is 12.0. The van der Waals surface area contributed by atoms with Gasteiger partial charge in [-0.05, 0) is 13.5 Å². The summed E-state index contributed by atoms with van der Waals surface area (Å²) in [6.45, 7) is 4.81. The predicted molar refractivity (Wildman–Crippen MR) is 58.6 cm³/mol. The zero-order valence-corrected chi connectivity index (χ0v) is 9.58. The molecule has 0 fully saturated rings. The van der Waals surface area contributed by atoms with Gasteiger partial charge in [0.25, 0.3) is 0 Å². The minimum Gasteiger partial charge on any atom is -0.368 e. The van der Waals surface area contributed by atoms with Gasteiger partial charge in [-0.1, -0.05) is 18.5 Å². The molecule has 0 aliphatic rings. The Kier molecular flexibility index (Phi) is 4.11. The molecule has 0 aromatic carbocycles. The molecule has 0 saturated carbocycles. The maximum Gasteiger partial charge on any atom is 0.236 e. The Morgan fingerprint density at radius 1 is 1.80 bits per heavy atom. The summed E-state index contributed by atoms with van der Waals surface area (Å²) in [6.07, 6.45) is 1.68.